The van der Waals surface area contributed by atoms with Crippen molar-refractivity contribution in [2.45, 2.75) is 91.0 Å². The van der Waals surface area contributed by atoms with E-state index < -0.39 is 23.7 Å². The van der Waals surface area contributed by atoms with Crippen LogP contribution in [0.5, 0.6) is 5.75 Å². The van der Waals surface area contributed by atoms with Crippen LogP contribution in [0, 0.1) is 46.2 Å². The summed E-state index contributed by atoms with van der Waals surface area (Å²) in [6, 6.07) is 2.53. The van der Waals surface area contributed by atoms with Gasteiger partial charge in [-0.3, -0.25) is 4.79 Å². The van der Waals surface area contributed by atoms with Gasteiger partial charge in [-0.1, -0.05) is 27.7 Å². The molecule has 5 aliphatic rings. The number of carbonyl (C=O) groups is 2. The van der Waals surface area contributed by atoms with Crippen LogP contribution in [0.2, 0.25) is 0 Å². The van der Waals surface area contributed by atoms with Crippen molar-refractivity contribution in [3.05, 3.63) is 29.1 Å². The van der Waals surface area contributed by atoms with Gasteiger partial charge in [0.05, 0.1) is 19.3 Å². The first kappa shape index (κ1) is 26.1. The first-order chi connectivity index (χ1) is 18.0. The molecular weight excluding hydrogens is 481 g/mol. The van der Waals surface area contributed by atoms with E-state index in [1.54, 1.807) is 11.0 Å². The van der Waals surface area contributed by atoms with Gasteiger partial charge in [-0.25, -0.2) is 9.18 Å². The molecule has 1 aliphatic heterocycles. The predicted octanol–water partition coefficient (Wildman–Crippen LogP) is 6.59. The number of esters is 1. The Morgan fingerprint density at radius 2 is 1.74 bits per heavy atom. The molecule has 1 amide bonds. The maximum Gasteiger partial charge on any atom is 0.328 e. The Balaban J connectivity index is 1.26. The number of rotatable bonds is 6. The molecule has 6 rings (SSSR count). The monoisotopic (exact) mass is 525 g/mol. The maximum atomic E-state index is 15.7. The smallest absolute Gasteiger partial charge is 0.328 e. The van der Waals surface area contributed by atoms with Crippen LogP contribution in [-0.4, -0.2) is 43.1 Å². The summed E-state index contributed by atoms with van der Waals surface area (Å²) < 4.78 is 27.3. The minimum Gasteiger partial charge on any atom is -0.493 e. The second-order valence-corrected chi connectivity index (χ2v) is 14.5. The topological polar surface area (TPSA) is 55.8 Å². The lowest BCUT2D eigenvalue weighted by atomic mass is 9.55. The summed E-state index contributed by atoms with van der Waals surface area (Å²) in [7, 11) is 1.36. The molecule has 1 heterocycles. The minimum atomic E-state index is -0.658. The van der Waals surface area contributed by atoms with Crippen molar-refractivity contribution in [1.29, 1.82) is 0 Å². The molecule has 0 aromatic heterocycles. The number of amides is 1. The molecule has 5 atom stereocenters. The van der Waals surface area contributed by atoms with E-state index in [0.29, 0.717) is 36.7 Å². The third-order valence-electron chi connectivity index (χ3n) is 10.6. The molecule has 2 unspecified atom stereocenters. The zero-order valence-electron chi connectivity index (χ0n) is 23.7. The lowest BCUT2D eigenvalue weighted by molar-refractivity contribution is -0.150. The highest BCUT2D eigenvalue weighted by atomic mass is 19.1. The van der Waals surface area contributed by atoms with Crippen LogP contribution in [0.3, 0.4) is 0 Å². The van der Waals surface area contributed by atoms with E-state index in [4.69, 9.17) is 9.47 Å². The fourth-order valence-corrected chi connectivity index (χ4v) is 9.49. The maximum absolute atomic E-state index is 15.7. The fourth-order valence-electron chi connectivity index (χ4n) is 9.49. The Morgan fingerprint density at radius 3 is 2.34 bits per heavy atom. The normalized spacial score (nSPS) is 37.3. The Labute approximate surface area is 226 Å². The molecule has 38 heavy (non-hydrogen) atoms. The van der Waals surface area contributed by atoms with E-state index in [2.05, 4.69) is 27.7 Å². The van der Waals surface area contributed by atoms with Crippen LogP contribution in [0.4, 0.5) is 4.39 Å². The molecule has 0 radical (unpaired) electrons. The number of nitrogens with zero attached hydrogens (tertiary/aromatic N) is 1. The molecule has 1 saturated heterocycles. The molecule has 0 N–H and O–H groups in total. The van der Waals surface area contributed by atoms with E-state index in [9.17, 15) is 9.59 Å². The third kappa shape index (κ3) is 4.44. The average molecular weight is 526 g/mol. The Hall–Kier alpha value is -2.11. The number of ether oxygens (including phenoxy) is 2. The van der Waals surface area contributed by atoms with Crippen LogP contribution in [-0.2, 0) is 9.53 Å². The van der Waals surface area contributed by atoms with Gasteiger partial charge in [0.15, 0.2) is 0 Å². The van der Waals surface area contributed by atoms with E-state index in [0.717, 1.165) is 30.7 Å². The van der Waals surface area contributed by atoms with E-state index >= 15 is 4.39 Å². The van der Waals surface area contributed by atoms with E-state index in [-0.39, 0.29) is 28.2 Å². The SMILES string of the molecule is COC(=O)[C@@H]1[C@@H]2[C@H](CN1C(=O)c1cc(C3CC3)c(OCC34CC(C)CC(CC(C)C3)C4)cc1F)CC2(C)C. The molecule has 6 heteroatoms. The van der Waals surface area contributed by atoms with Crippen LogP contribution in [0.15, 0.2) is 12.1 Å². The Morgan fingerprint density at radius 1 is 1.05 bits per heavy atom. The molecule has 0 spiro atoms. The first-order valence-electron chi connectivity index (χ1n) is 14.9. The molecule has 4 saturated carbocycles. The number of likely N-dealkylation sites (tertiary alicyclic amines) is 1. The van der Waals surface area contributed by atoms with Gasteiger partial charge in [0, 0.05) is 18.0 Å². The second kappa shape index (κ2) is 9.23. The van der Waals surface area contributed by atoms with Gasteiger partial charge in [-0.2, -0.15) is 0 Å². The number of hydrogen-bond acceptors (Lipinski definition) is 4. The summed E-state index contributed by atoms with van der Waals surface area (Å²) in [5.41, 5.74) is 1.14. The average Bonchev–Trinajstić information content (AvgIpc) is 3.62. The van der Waals surface area contributed by atoms with Gasteiger partial charge in [-0.15, -0.1) is 0 Å². The minimum absolute atomic E-state index is 0.0420. The first-order valence-corrected chi connectivity index (χ1v) is 14.9. The lowest BCUT2D eigenvalue weighted by Gasteiger charge is -2.49. The van der Waals surface area contributed by atoms with Crippen LogP contribution in [0.25, 0.3) is 0 Å². The summed E-state index contributed by atoms with van der Waals surface area (Å²) in [6.07, 6.45) is 9.20. The van der Waals surface area contributed by atoms with Crippen molar-refractivity contribution in [3.63, 3.8) is 0 Å². The van der Waals surface area contributed by atoms with Crippen molar-refractivity contribution >= 4 is 11.9 Å². The number of benzene rings is 1. The highest BCUT2D eigenvalue weighted by Crippen LogP contribution is 2.58. The van der Waals surface area contributed by atoms with Crippen LogP contribution >= 0.6 is 0 Å². The number of methoxy groups -OCH3 is 1. The summed E-state index contributed by atoms with van der Waals surface area (Å²) in [4.78, 5) is 28.2. The van der Waals surface area contributed by atoms with Crippen LogP contribution in [0.1, 0.15) is 101 Å². The number of fused-ring (bicyclic) bond motifs is 3. The van der Waals surface area contributed by atoms with Crippen molar-refractivity contribution in [2.75, 3.05) is 20.3 Å². The van der Waals surface area contributed by atoms with Crippen molar-refractivity contribution in [2.24, 2.45) is 40.4 Å². The molecule has 1 aromatic rings. The molecule has 5 nitrogen and oxygen atoms in total. The molecule has 1 aromatic carbocycles. The van der Waals surface area contributed by atoms with Crippen molar-refractivity contribution < 1.29 is 23.5 Å². The summed E-state index contributed by atoms with van der Waals surface area (Å²) in [6.45, 7) is 10.1. The third-order valence-corrected chi connectivity index (χ3v) is 10.6. The molecule has 2 bridgehead atoms. The van der Waals surface area contributed by atoms with E-state index in [1.807, 2.05) is 0 Å². The number of carbonyl (C=O) groups excluding carboxylic acids is 2. The highest BCUT2D eigenvalue weighted by molar-refractivity contribution is 5.98. The van der Waals surface area contributed by atoms with Crippen LogP contribution < -0.4 is 4.74 Å². The standard InChI is InChI=1S/C32H44FNO4/c1-18-8-20-9-19(2)13-32(12-18,14-20)17-38-26-11-25(33)24(10-23(26)21-6-7-21)29(35)34-16-22-15-31(3,4)27(22)28(34)30(36)37-5/h10-11,18-22,27-28H,6-9,12-17H2,1-5H3/t18?,19?,20?,22-,27-,28-,32?/m0/s1. The Kier molecular flexibility index (Phi) is 6.35. The zero-order chi connectivity index (χ0) is 27.0. The lowest BCUT2D eigenvalue weighted by Crippen LogP contribution is -2.51. The Bertz CT molecular complexity index is 1110. The van der Waals surface area contributed by atoms with Gasteiger partial charge in [0.1, 0.15) is 17.6 Å². The van der Waals surface area contributed by atoms with Crippen molar-refractivity contribution in [1.82, 2.24) is 4.90 Å². The quantitative estimate of drug-likeness (QED) is 0.393. The van der Waals surface area contributed by atoms with Gasteiger partial charge in [0.2, 0.25) is 0 Å². The molecule has 208 valence electrons. The summed E-state index contributed by atoms with van der Waals surface area (Å²) in [5, 5.41) is 0. The molecule has 4 aliphatic carbocycles. The number of hydrogen-bond donors (Lipinski definition) is 0. The fraction of sp³-hybridized carbons (Fsp3) is 0.750. The largest absolute Gasteiger partial charge is 0.493 e. The second-order valence-electron chi connectivity index (χ2n) is 14.5. The van der Waals surface area contributed by atoms with E-state index in [1.165, 1.54) is 45.3 Å². The zero-order valence-corrected chi connectivity index (χ0v) is 23.7. The summed E-state index contributed by atoms with van der Waals surface area (Å²) in [5.74, 6) is 2.04. The van der Waals surface area contributed by atoms with Gasteiger partial charge >= 0.3 is 5.97 Å². The van der Waals surface area contributed by atoms with Gasteiger partial charge in [0.25, 0.3) is 5.91 Å². The molecule has 5 fully saturated rings. The summed E-state index contributed by atoms with van der Waals surface area (Å²) >= 11 is 0. The highest BCUT2D eigenvalue weighted by Gasteiger charge is 2.61. The van der Waals surface area contributed by atoms with Gasteiger partial charge < -0.3 is 14.4 Å². The molecular formula is C32H44FNO4. The van der Waals surface area contributed by atoms with Crippen molar-refractivity contribution in [3.8, 4) is 5.75 Å². The van der Waals surface area contributed by atoms with Gasteiger partial charge in [-0.05, 0) is 104 Å². The number of halogens is 1. The predicted molar refractivity (Wildman–Crippen MR) is 143 cm³/mol.